The number of nitrogens with one attached hydrogen (secondary N) is 1. The zero-order valence-electron chi connectivity index (χ0n) is 21.1. The monoisotopic (exact) mass is 515 g/mol. The molecule has 0 fully saturated rings. The molecule has 0 spiro atoms. The highest BCUT2D eigenvalue weighted by atomic mass is 19.1. The molecule has 4 rings (SSSR count). The van der Waals surface area contributed by atoms with Crippen LogP contribution in [0.25, 0.3) is 22.2 Å². The van der Waals surface area contributed by atoms with Crippen molar-refractivity contribution in [3.05, 3.63) is 89.7 Å². The highest BCUT2D eigenvalue weighted by molar-refractivity contribution is 6.05. The van der Waals surface area contributed by atoms with Gasteiger partial charge >= 0.3 is 5.97 Å². The molecule has 0 saturated heterocycles. The number of hydrogen-bond acceptors (Lipinski definition) is 4. The molecule has 1 atom stereocenters. The van der Waals surface area contributed by atoms with E-state index in [0.717, 1.165) is 16.6 Å². The number of aliphatic imine (C=N–C) groups is 1. The van der Waals surface area contributed by atoms with Gasteiger partial charge < -0.3 is 20.7 Å². The number of alkyl halides is 1. The molecule has 0 unspecified atom stereocenters. The average molecular weight is 516 g/mol. The number of benzene rings is 3. The number of carbonyl (C=O) groups excluding carboxylic acids is 1. The Bertz CT molecular complexity index is 1470. The number of amides is 1. The van der Waals surface area contributed by atoms with Crippen molar-refractivity contribution in [3.8, 4) is 11.1 Å². The van der Waals surface area contributed by atoms with Gasteiger partial charge in [-0.05, 0) is 55.2 Å². The number of fused-ring (bicyclic) bond motifs is 1. The van der Waals surface area contributed by atoms with Crippen molar-refractivity contribution in [2.45, 2.75) is 32.4 Å². The second-order valence-corrected chi connectivity index (χ2v) is 8.81. The topological polar surface area (TPSA) is 123 Å². The number of amidine groups is 1. The fraction of sp³-hybridized carbons (Fsp3) is 0.241. The largest absolute Gasteiger partial charge is 0.478 e. The van der Waals surface area contributed by atoms with E-state index in [1.54, 1.807) is 6.07 Å². The van der Waals surface area contributed by atoms with E-state index in [-0.39, 0.29) is 17.0 Å². The van der Waals surface area contributed by atoms with Crippen LogP contribution in [0.15, 0.2) is 77.8 Å². The second kappa shape index (κ2) is 12.1. The molecule has 0 aliphatic heterocycles. The van der Waals surface area contributed by atoms with Crippen LogP contribution >= 0.6 is 0 Å². The summed E-state index contributed by atoms with van der Waals surface area (Å²) in [5.41, 5.74) is 8.73. The number of aromatic nitrogens is 2. The van der Waals surface area contributed by atoms with Crippen molar-refractivity contribution in [1.29, 1.82) is 0 Å². The first-order chi connectivity index (χ1) is 18.4. The van der Waals surface area contributed by atoms with Crippen molar-refractivity contribution in [3.63, 3.8) is 0 Å². The van der Waals surface area contributed by atoms with Crippen molar-refractivity contribution in [2.75, 3.05) is 13.2 Å². The van der Waals surface area contributed by atoms with Crippen LogP contribution in [-0.4, -0.2) is 45.6 Å². The standard InChI is InChI=1S/C29H30FN5O3/c1-2-35-25-13-7-6-11-23(25)33-27(35)24(12-8-16-32-26(31)18-30)34-28(36)21-15-14-20(17-22(21)29(37)38)19-9-4-3-5-10-19/h3-7,9-11,13-15,17,24H,2,8,12,16,18H2,1H3,(H2,31,32)(H,34,36)(H,37,38)/t24-/m0/s1. The molecule has 1 amide bonds. The number of nitrogens with zero attached hydrogens (tertiary/aromatic N) is 3. The van der Waals surface area contributed by atoms with E-state index in [1.165, 1.54) is 12.1 Å². The number of carboxylic acid groups (broad SMARTS) is 1. The predicted molar refractivity (Wildman–Crippen MR) is 146 cm³/mol. The average Bonchev–Trinajstić information content (AvgIpc) is 3.33. The summed E-state index contributed by atoms with van der Waals surface area (Å²) in [5, 5.41) is 12.9. The zero-order valence-corrected chi connectivity index (χ0v) is 21.1. The van der Waals surface area contributed by atoms with Crippen molar-refractivity contribution >= 4 is 28.7 Å². The lowest BCUT2D eigenvalue weighted by Gasteiger charge is -2.20. The molecule has 0 aliphatic carbocycles. The SMILES string of the molecule is CCn1c([C@H](CCCN=C(N)CF)NC(=O)c2ccc(-c3ccccc3)cc2C(=O)O)nc2ccccc21. The Kier molecular flexibility index (Phi) is 8.47. The van der Waals surface area contributed by atoms with Gasteiger partial charge in [0.25, 0.3) is 5.91 Å². The van der Waals surface area contributed by atoms with Crippen LogP contribution in [0.3, 0.4) is 0 Å². The number of imidazole rings is 1. The van der Waals surface area contributed by atoms with E-state index >= 15 is 0 Å². The lowest BCUT2D eigenvalue weighted by atomic mass is 9.98. The van der Waals surface area contributed by atoms with Crippen molar-refractivity contribution < 1.29 is 19.1 Å². The van der Waals surface area contributed by atoms with Gasteiger partial charge in [0.2, 0.25) is 0 Å². The normalized spacial score (nSPS) is 12.4. The predicted octanol–water partition coefficient (Wildman–Crippen LogP) is 5.00. The van der Waals surface area contributed by atoms with Gasteiger partial charge in [0, 0.05) is 13.1 Å². The Morgan fingerprint density at radius 1 is 1.05 bits per heavy atom. The summed E-state index contributed by atoms with van der Waals surface area (Å²) in [6.45, 7) is 2.10. The van der Waals surface area contributed by atoms with E-state index < -0.39 is 24.6 Å². The maximum Gasteiger partial charge on any atom is 0.336 e. The molecule has 0 radical (unpaired) electrons. The van der Waals surface area contributed by atoms with Gasteiger partial charge in [-0.15, -0.1) is 0 Å². The highest BCUT2D eigenvalue weighted by Gasteiger charge is 2.25. The van der Waals surface area contributed by atoms with E-state index in [9.17, 15) is 19.1 Å². The first-order valence-corrected chi connectivity index (χ1v) is 12.5. The second-order valence-electron chi connectivity index (χ2n) is 8.81. The lowest BCUT2D eigenvalue weighted by Crippen LogP contribution is -2.32. The number of rotatable bonds is 11. The van der Waals surface area contributed by atoms with Crippen LogP contribution in [0.1, 0.15) is 52.3 Å². The Morgan fingerprint density at radius 2 is 1.79 bits per heavy atom. The number of aryl methyl sites for hydroxylation is 1. The number of para-hydroxylation sites is 2. The molecule has 8 nitrogen and oxygen atoms in total. The molecule has 0 bridgehead atoms. The first kappa shape index (κ1) is 26.5. The van der Waals surface area contributed by atoms with Gasteiger partial charge in [-0.2, -0.15) is 0 Å². The first-order valence-electron chi connectivity index (χ1n) is 12.5. The molecule has 4 aromatic rings. The summed E-state index contributed by atoms with van der Waals surface area (Å²) >= 11 is 0. The molecule has 3 aromatic carbocycles. The minimum atomic E-state index is -1.19. The molecule has 1 aromatic heterocycles. The Hall–Kier alpha value is -4.53. The molecular formula is C29H30FN5O3. The van der Waals surface area contributed by atoms with Crippen LogP contribution in [0.5, 0.6) is 0 Å². The molecule has 0 aliphatic rings. The number of carboxylic acids is 1. The van der Waals surface area contributed by atoms with E-state index in [0.29, 0.717) is 37.3 Å². The van der Waals surface area contributed by atoms with Crippen LogP contribution in [0, 0.1) is 0 Å². The summed E-state index contributed by atoms with van der Waals surface area (Å²) in [5.74, 6) is -1.13. The minimum absolute atomic E-state index is 0.0565. The summed E-state index contributed by atoms with van der Waals surface area (Å²) in [4.78, 5) is 34.4. The number of aromatic carboxylic acids is 1. The van der Waals surface area contributed by atoms with Gasteiger partial charge in [-0.1, -0.05) is 48.5 Å². The van der Waals surface area contributed by atoms with E-state index in [2.05, 4.69) is 10.3 Å². The minimum Gasteiger partial charge on any atom is -0.478 e. The number of halogens is 1. The van der Waals surface area contributed by atoms with Crippen LogP contribution in [-0.2, 0) is 6.54 Å². The molecule has 4 N–H and O–H groups in total. The third-order valence-electron chi connectivity index (χ3n) is 6.32. The van der Waals surface area contributed by atoms with E-state index in [4.69, 9.17) is 10.7 Å². The maximum atomic E-state index is 13.5. The van der Waals surface area contributed by atoms with Crippen molar-refractivity contribution in [2.24, 2.45) is 10.7 Å². The lowest BCUT2D eigenvalue weighted by molar-refractivity contribution is 0.0690. The van der Waals surface area contributed by atoms with Gasteiger partial charge in [0.1, 0.15) is 18.3 Å². The summed E-state index contributed by atoms with van der Waals surface area (Å²) in [6.07, 6.45) is 0.958. The molecule has 1 heterocycles. The fourth-order valence-electron chi connectivity index (χ4n) is 4.48. The summed E-state index contributed by atoms with van der Waals surface area (Å²) < 4.78 is 14.7. The maximum absolute atomic E-state index is 13.5. The van der Waals surface area contributed by atoms with Gasteiger partial charge in [-0.3, -0.25) is 9.79 Å². The molecule has 9 heteroatoms. The van der Waals surface area contributed by atoms with Gasteiger partial charge in [0.15, 0.2) is 0 Å². The Labute approximate surface area is 220 Å². The number of hydrogen-bond donors (Lipinski definition) is 3. The quantitative estimate of drug-likeness (QED) is 0.147. The fourth-order valence-corrected chi connectivity index (χ4v) is 4.48. The molecule has 196 valence electrons. The number of carbonyl (C=O) groups is 2. The van der Waals surface area contributed by atoms with E-state index in [1.807, 2.05) is 66.1 Å². The third kappa shape index (κ3) is 5.88. The third-order valence-corrected chi connectivity index (χ3v) is 6.32. The van der Waals surface area contributed by atoms with Crippen LogP contribution in [0.2, 0.25) is 0 Å². The smallest absolute Gasteiger partial charge is 0.336 e. The highest BCUT2D eigenvalue weighted by Crippen LogP contribution is 2.26. The zero-order chi connectivity index (χ0) is 27.1. The molecular weight excluding hydrogens is 485 g/mol. The number of nitrogens with two attached hydrogens (primary N) is 1. The summed E-state index contributed by atoms with van der Waals surface area (Å²) in [7, 11) is 0. The Balaban J connectivity index is 1.67. The molecule has 38 heavy (non-hydrogen) atoms. The van der Waals surface area contributed by atoms with Crippen LogP contribution in [0.4, 0.5) is 4.39 Å². The summed E-state index contributed by atoms with van der Waals surface area (Å²) in [6, 6.07) is 21.3. The van der Waals surface area contributed by atoms with Gasteiger partial charge in [0.05, 0.1) is 28.2 Å². The molecule has 0 saturated carbocycles. The Morgan fingerprint density at radius 3 is 2.50 bits per heavy atom. The van der Waals surface area contributed by atoms with Crippen LogP contribution < -0.4 is 11.1 Å². The van der Waals surface area contributed by atoms with Gasteiger partial charge in [-0.25, -0.2) is 14.2 Å². The van der Waals surface area contributed by atoms with Crippen molar-refractivity contribution in [1.82, 2.24) is 14.9 Å².